The van der Waals surface area contributed by atoms with Crippen LogP contribution in [0.15, 0.2) is 36.5 Å². The highest BCUT2D eigenvalue weighted by Gasteiger charge is 2.12. The van der Waals surface area contributed by atoms with Gasteiger partial charge in [0, 0.05) is 30.9 Å². The molecule has 21 heavy (non-hydrogen) atoms. The average molecular weight is 303 g/mol. The zero-order valence-corrected chi connectivity index (χ0v) is 12.7. The Labute approximate surface area is 130 Å². The van der Waals surface area contributed by atoms with Crippen LogP contribution in [0.25, 0.3) is 0 Å². The van der Waals surface area contributed by atoms with Gasteiger partial charge in [-0.05, 0) is 37.0 Å². The molecule has 110 valence electrons. The largest absolute Gasteiger partial charge is 0.356 e. The lowest BCUT2D eigenvalue weighted by atomic mass is 10.1. The van der Waals surface area contributed by atoms with E-state index in [0.717, 1.165) is 29.5 Å². The van der Waals surface area contributed by atoms with E-state index in [4.69, 9.17) is 11.6 Å². The molecule has 2 aromatic rings. The van der Waals surface area contributed by atoms with Crippen molar-refractivity contribution in [1.82, 2.24) is 9.97 Å². The number of benzene rings is 1. The molecule has 1 aromatic heterocycles. The van der Waals surface area contributed by atoms with E-state index in [0.29, 0.717) is 12.5 Å². The number of aromatic nitrogens is 2. The van der Waals surface area contributed by atoms with Crippen LogP contribution in [0.5, 0.6) is 0 Å². The van der Waals surface area contributed by atoms with Gasteiger partial charge in [0.2, 0.25) is 5.95 Å². The van der Waals surface area contributed by atoms with E-state index < -0.39 is 0 Å². The molecule has 1 aromatic carbocycles. The average Bonchev–Trinajstić information content (AvgIpc) is 2.55. The molecular weight excluding hydrogens is 284 g/mol. The highest BCUT2D eigenvalue weighted by molar-refractivity contribution is 6.31. The van der Waals surface area contributed by atoms with Crippen molar-refractivity contribution in [1.29, 1.82) is 0 Å². The highest BCUT2D eigenvalue weighted by atomic mass is 35.5. The Morgan fingerprint density at radius 2 is 1.90 bits per heavy atom. The molecular formula is C16H19ClN4. The van der Waals surface area contributed by atoms with Crippen LogP contribution in [-0.2, 0) is 6.54 Å². The minimum Gasteiger partial charge on any atom is -0.356 e. The molecule has 4 nitrogen and oxygen atoms in total. The van der Waals surface area contributed by atoms with E-state index in [1.807, 2.05) is 36.5 Å². The van der Waals surface area contributed by atoms with Gasteiger partial charge in [0.15, 0.2) is 0 Å². The predicted molar refractivity (Wildman–Crippen MR) is 86.9 cm³/mol. The van der Waals surface area contributed by atoms with Gasteiger partial charge in [0.1, 0.15) is 5.82 Å². The van der Waals surface area contributed by atoms with Gasteiger partial charge in [-0.3, -0.25) is 0 Å². The molecule has 0 bridgehead atoms. The number of halogens is 1. The molecule has 0 unspecified atom stereocenters. The predicted octanol–water partition coefficient (Wildman–Crippen LogP) is 3.73. The fourth-order valence-electron chi connectivity index (χ4n) is 2.55. The first kappa shape index (κ1) is 14.1. The summed E-state index contributed by atoms with van der Waals surface area (Å²) in [5, 5.41) is 4.01. The number of hydrogen-bond donors (Lipinski definition) is 1. The second-order valence-corrected chi connectivity index (χ2v) is 5.64. The summed E-state index contributed by atoms with van der Waals surface area (Å²) in [7, 11) is 0. The summed E-state index contributed by atoms with van der Waals surface area (Å²) in [6.45, 7) is 2.80. The molecule has 0 aliphatic carbocycles. The maximum atomic E-state index is 6.15. The molecule has 0 amide bonds. The number of anilines is 2. The van der Waals surface area contributed by atoms with Gasteiger partial charge < -0.3 is 10.2 Å². The van der Waals surface area contributed by atoms with E-state index in [1.165, 1.54) is 19.3 Å². The van der Waals surface area contributed by atoms with Crippen LogP contribution >= 0.6 is 11.6 Å². The van der Waals surface area contributed by atoms with E-state index >= 15 is 0 Å². The Bertz CT molecular complexity index is 596. The van der Waals surface area contributed by atoms with Gasteiger partial charge in [0.25, 0.3) is 0 Å². The highest BCUT2D eigenvalue weighted by Crippen LogP contribution is 2.19. The molecule has 1 N–H and O–H groups in total. The van der Waals surface area contributed by atoms with E-state index in [9.17, 15) is 0 Å². The van der Waals surface area contributed by atoms with Crippen molar-refractivity contribution < 1.29 is 0 Å². The first-order valence-electron chi connectivity index (χ1n) is 7.38. The van der Waals surface area contributed by atoms with Crippen LogP contribution in [0.4, 0.5) is 11.8 Å². The molecule has 0 atom stereocenters. The van der Waals surface area contributed by atoms with Crippen molar-refractivity contribution in [3.63, 3.8) is 0 Å². The molecule has 0 saturated carbocycles. The molecule has 0 spiro atoms. The maximum Gasteiger partial charge on any atom is 0.224 e. The molecule has 1 fully saturated rings. The number of rotatable bonds is 4. The summed E-state index contributed by atoms with van der Waals surface area (Å²) in [6.07, 6.45) is 5.61. The van der Waals surface area contributed by atoms with Crippen LogP contribution in [0, 0.1) is 0 Å². The molecule has 1 aliphatic heterocycles. The van der Waals surface area contributed by atoms with E-state index in [-0.39, 0.29) is 0 Å². The Morgan fingerprint density at radius 3 is 2.71 bits per heavy atom. The van der Waals surface area contributed by atoms with Crippen LogP contribution in [-0.4, -0.2) is 23.1 Å². The van der Waals surface area contributed by atoms with Crippen molar-refractivity contribution >= 4 is 23.4 Å². The molecule has 3 rings (SSSR count). The summed E-state index contributed by atoms with van der Waals surface area (Å²) in [4.78, 5) is 11.2. The topological polar surface area (TPSA) is 41.1 Å². The monoisotopic (exact) mass is 302 g/mol. The van der Waals surface area contributed by atoms with Gasteiger partial charge in [-0.2, -0.15) is 4.98 Å². The molecule has 1 saturated heterocycles. The van der Waals surface area contributed by atoms with Gasteiger partial charge in [0.05, 0.1) is 0 Å². The standard InChI is InChI=1S/C16H19ClN4/c17-14-7-3-2-6-13(14)12-19-16-18-9-8-15(20-16)21-10-4-1-5-11-21/h2-3,6-9H,1,4-5,10-12H2,(H,18,19,20). The lowest BCUT2D eigenvalue weighted by Gasteiger charge is -2.27. The van der Waals surface area contributed by atoms with E-state index in [2.05, 4.69) is 20.2 Å². The SMILES string of the molecule is Clc1ccccc1CNc1nccc(N2CCCCC2)n1. The minimum absolute atomic E-state index is 0.628. The summed E-state index contributed by atoms with van der Waals surface area (Å²) in [5.74, 6) is 1.66. The first-order valence-corrected chi connectivity index (χ1v) is 7.76. The fraction of sp³-hybridized carbons (Fsp3) is 0.375. The third-order valence-corrected chi connectivity index (χ3v) is 4.08. The quantitative estimate of drug-likeness (QED) is 0.934. The Morgan fingerprint density at radius 1 is 1.10 bits per heavy atom. The summed E-state index contributed by atoms with van der Waals surface area (Å²) in [6, 6.07) is 9.78. The molecule has 5 heteroatoms. The van der Waals surface area contributed by atoms with Crippen molar-refractivity contribution in [3.8, 4) is 0 Å². The number of nitrogens with one attached hydrogen (secondary N) is 1. The second-order valence-electron chi connectivity index (χ2n) is 5.23. The number of hydrogen-bond acceptors (Lipinski definition) is 4. The lowest BCUT2D eigenvalue weighted by Crippen LogP contribution is -2.30. The second kappa shape index (κ2) is 6.76. The number of nitrogens with zero attached hydrogens (tertiary/aromatic N) is 3. The first-order chi connectivity index (χ1) is 10.3. The van der Waals surface area contributed by atoms with Crippen LogP contribution < -0.4 is 10.2 Å². The summed E-state index contributed by atoms with van der Waals surface area (Å²) in [5.41, 5.74) is 1.05. The van der Waals surface area contributed by atoms with Crippen molar-refractivity contribution in [2.75, 3.05) is 23.3 Å². The smallest absolute Gasteiger partial charge is 0.224 e. The van der Waals surface area contributed by atoms with Gasteiger partial charge >= 0.3 is 0 Å². The van der Waals surface area contributed by atoms with Crippen LogP contribution in [0.3, 0.4) is 0 Å². The lowest BCUT2D eigenvalue weighted by molar-refractivity contribution is 0.573. The summed E-state index contributed by atoms with van der Waals surface area (Å²) >= 11 is 6.15. The van der Waals surface area contributed by atoms with Crippen LogP contribution in [0.2, 0.25) is 5.02 Å². The third-order valence-electron chi connectivity index (χ3n) is 3.72. The molecule has 1 aliphatic rings. The van der Waals surface area contributed by atoms with E-state index in [1.54, 1.807) is 0 Å². The Balaban J connectivity index is 1.67. The van der Waals surface area contributed by atoms with Crippen molar-refractivity contribution in [2.45, 2.75) is 25.8 Å². The number of piperidine rings is 1. The molecule has 0 radical (unpaired) electrons. The minimum atomic E-state index is 0.628. The molecule has 2 heterocycles. The Hall–Kier alpha value is -1.81. The van der Waals surface area contributed by atoms with Crippen molar-refractivity contribution in [3.05, 3.63) is 47.1 Å². The maximum absolute atomic E-state index is 6.15. The fourth-order valence-corrected chi connectivity index (χ4v) is 2.75. The van der Waals surface area contributed by atoms with Gasteiger partial charge in [-0.25, -0.2) is 4.98 Å². The van der Waals surface area contributed by atoms with Gasteiger partial charge in [-0.1, -0.05) is 29.8 Å². The third kappa shape index (κ3) is 3.64. The van der Waals surface area contributed by atoms with Gasteiger partial charge in [-0.15, -0.1) is 0 Å². The zero-order chi connectivity index (χ0) is 14.5. The summed E-state index contributed by atoms with van der Waals surface area (Å²) < 4.78 is 0. The zero-order valence-electron chi connectivity index (χ0n) is 11.9. The van der Waals surface area contributed by atoms with Crippen LogP contribution in [0.1, 0.15) is 24.8 Å². The normalized spacial score (nSPS) is 15.0. The Kier molecular flexibility index (Phi) is 4.55. The van der Waals surface area contributed by atoms with Crippen molar-refractivity contribution in [2.24, 2.45) is 0 Å².